The number of hydrogen-bond acceptors (Lipinski definition) is 7. The number of hydrogen-bond donors (Lipinski definition) is 0. The van der Waals surface area contributed by atoms with E-state index in [4.69, 9.17) is 9.72 Å². The van der Waals surface area contributed by atoms with Gasteiger partial charge in [0.2, 0.25) is 0 Å². The summed E-state index contributed by atoms with van der Waals surface area (Å²) in [5.41, 5.74) is 2.43. The third-order valence-electron chi connectivity index (χ3n) is 4.23. The molecule has 3 aromatic heterocycles. The van der Waals surface area contributed by atoms with E-state index in [1.807, 2.05) is 44.2 Å². The van der Waals surface area contributed by atoms with Gasteiger partial charge in [0.25, 0.3) is 5.91 Å². The summed E-state index contributed by atoms with van der Waals surface area (Å²) in [4.78, 5) is 29.1. The highest BCUT2D eigenvalue weighted by Crippen LogP contribution is 2.35. The van der Waals surface area contributed by atoms with E-state index >= 15 is 0 Å². The highest BCUT2D eigenvalue weighted by atomic mass is 32.1. The van der Waals surface area contributed by atoms with Gasteiger partial charge < -0.3 is 4.74 Å². The molecule has 3 heterocycles. The summed E-state index contributed by atoms with van der Waals surface area (Å²) in [5.74, 6) is 0.587. The van der Waals surface area contributed by atoms with Crippen LogP contribution >= 0.6 is 22.7 Å². The smallest absolute Gasteiger partial charge is 0.272 e. The first-order chi connectivity index (χ1) is 13.6. The van der Waals surface area contributed by atoms with Gasteiger partial charge in [0.05, 0.1) is 29.1 Å². The van der Waals surface area contributed by atoms with E-state index < -0.39 is 0 Å². The predicted octanol–water partition coefficient (Wildman–Crippen LogP) is 4.62. The second-order valence-corrected chi connectivity index (χ2v) is 8.42. The molecule has 0 aliphatic heterocycles. The fraction of sp³-hybridized carbons (Fsp3) is 0.200. The van der Waals surface area contributed by atoms with Gasteiger partial charge in [-0.15, -0.1) is 11.3 Å². The zero-order valence-corrected chi connectivity index (χ0v) is 17.3. The van der Waals surface area contributed by atoms with E-state index in [2.05, 4.69) is 9.97 Å². The average molecular weight is 411 g/mol. The fourth-order valence-electron chi connectivity index (χ4n) is 2.94. The minimum absolute atomic E-state index is 0.107. The Bertz CT molecular complexity index is 1140. The van der Waals surface area contributed by atoms with Crippen LogP contribution in [0.3, 0.4) is 0 Å². The van der Waals surface area contributed by atoms with Gasteiger partial charge in [0.1, 0.15) is 16.1 Å². The summed E-state index contributed by atoms with van der Waals surface area (Å²) >= 11 is 2.87. The molecule has 1 aromatic carbocycles. The molecule has 0 bridgehead atoms. The Kier molecular flexibility index (Phi) is 5.06. The molecule has 28 heavy (non-hydrogen) atoms. The summed E-state index contributed by atoms with van der Waals surface area (Å²) in [6, 6.07) is 9.59. The van der Waals surface area contributed by atoms with Crippen molar-refractivity contribution in [2.75, 3.05) is 12.0 Å². The van der Waals surface area contributed by atoms with Crippen LogP contribution in [0.1, 0.15) is 25.9 Å². The van der Waals surface area contributed by atoms with Crippen molar-refractivity contribution in [2.24, 2.45) is 0 Å². The number of amides is 1. The van der Waals surface area contributed by atoms with E-state index in [1.54, 1.807) is 24.4 Å². The Morgan fingerprint density at radius 1 is 1.14 bits per heavy atom. The van der Waals surface area contributed by atoms with Crippen LogP contribution in [0.4, 0.5) is 5.13 Å². The summed E-state index contributed by atoms with van der Waals surface area (Å²) in [6.07, 6.45) is 3.48. The Morgan fingerprint density at radius 2 is 2.00 bits per heavy atom. The minimum Gasteiger partial charge on any atom is -0.494 e. The summed E-state index contributed by atoms with van der Waals surface area (Å²) < 4.78 is 6.40. The van der Waals surface area contributed by atoms with E-state index in [1.165, 1.54) is 22.7 Å². The number of ether oxygens (including phenoxy) is 1. The van der Waals surface area contributed by atoms with Gasteiger partial charge in [-0.05, 0) is 37.6 Å². The van der Waals surface area contributed by atoms with Gasteiger partial charge in [-0.2, -0.15) is 0 Å². The second-order valence-electron chi connectivity index (χ2n) is 6.20. The topological polar surface area (TPSA) is 68.2 Å². The molecule has 0 N–H and O–H groups in total. The van der Waals surface area contributed by atoms with Crippen LogP contribution in [0, 0.1) is 13.8 Å². The lowest BCUT2D eigenvalue weighted by atomic mass is 10.2. The molecule has 0 unspecified atom stereocenters. The van der Waals surface area contributed by atoms with Crippen LogP contribution in [-0.4, -0.2) is 28.0 Å². The monoisotopic (exact) mass is 410 g/mol. The lowest BCUT2D eigenvalue weighted by molar-refractivity contribution is 0.0988. The lowest BCUT2D eigenvalue weighted by Crippen LogP contribution is -2.30. The van der Waals surface area contributed by atoms with Crippen molar-refractivity contribution in [3.05, 3.63) is 63.9 Å². The number of fused-ring (bicyclic) bond motifs is 1. The van der Waals surface area contributed by atoms with Crippen LogP contribution in [0.5, 0.6) is 5.75 Å². The predicted molar refractivity (Wildman–Crippen MR) is 113 cm³/mol. The van der Waals surface area contributed by atoms with Crippen LogP contribution in [-0.2, 0) is 6.54 Å². The number of thiazole rings is 2. The number of nitrogens with zero attached hydrogens (tertiary/aromatic N) is 4. The average Bonchev–Trinajstić information content (AvgIpc) is 3.28. The molecule has 4 aromatic rings. The van der Waals surface area contributed by atoms with Crippen molar-refractivity contribution in [1.82, 2.24) is 15.0 Å². The first-order valence-corrected chi connectivity index (χ1v) is 10.3. The number of aromatic nitrogens is 3. The zero-order valence-electron chi connectivity index (χ0n) is 15.7. The molecule has 8 heteroatoms. The molecule has 0 spiro atoms. The first kappa shape index (κ1) is 18.5. The zero-order chi connectivity index (χ0) is 19.7. The van der Waals surface area contributed by atoms with Crippen molar-refractivity contribution in [1.29, 1.82) is 0 Å². The fourth-order valence-corrected chi connectivity index (χ4v) is 4.79. The number of aryl methyl sites for hydroxylation is 2. The van der Waals surface area contributed by atoms with E-state index in [9.17, 15) is 4.79 Å². The highest BCUT2D eigenvalue weighted by Gasteiger charge is 2.25. The van der Waals surface area contributed by atoms with E-state index in [0.717, 1.165) is 26.5 Å². The number of rotatable bonds is 5. The third-order valence-corrected chi connectivity index (χ3v) is 6.33. The molecule has 4 rings (SSSR count). The van der Waals surface area contributed by atoms with Gasteiger partial charge in [-0.25, -0.2) is 9.97 Å². The van der Waals surface area contributed by atoms with Crippen molar-refractivity contribution in [2.45, 2.75) is 20.4 Å². The van der Waals surface area contributed by atoms with Gasteiger partial charge in [-0.1, -0.05) is 23.5 Å². The van der Waals surface area contributed by atoms with Crippen molar-refractivity contribution < 1.29 is 9.53 Å². The number of pyridine rings is 1. The Morgan fingerprint density at radius 3 is 2.68 bits per heavy atom. The lowest BCUT2D eigenvalue weighted by Gasteiger charge is -2.19. The molecule has 0 radical (unpaired) electrons. The largest absolute Gasteiger partial charge is 0.494 e. The second kappa shape index (κ2) is 7.65. The normalized spacial score (nSPS) is 11.0. The van der Waals surface area contributed by atoms with Crippen LogP contribution < -0.4 is 9.64 Å². The van der Waals surface area contributed by atoms with Crippen LogP contribution in [0.15, 0.2) is 42.7 Å². The molecule has 0 saturated heterocycles. The number of carbonyl (C=O) groups is 1. The maximum absolute atomic E-state index is 13.4. The molecular weight excluding hydrogens is 392 g/mol. The standard InChI is InChI=1S/C20H18N4O2S2/c1-12-18(27-13(2)22-12)19(25)24(11-14-6-5-9-21-10-14)20-23-17-15(26-3)7-4-8-16(17)28-20/h4-10H,11H2,1-3H3. The maximum Gasteiger partial charge on any atom is 0.272 e. The Labute approximate surface area is 170 Å². The number of para-hydroxylation sites is 1. The maximum atomic E-state index is 13.4. The third kappa shape index (κ3) is 3.48. The first-order valence-electron chi connectivity index (χ1n) is 8.65. The van der Waals surface area contributed by atoms with Gasteiger partial charge in [0, 0.05) is 12.4 Å². The van der Waals surface area contributed by atoms with Crippen molar-refractivity contribution in [3.63, 3.8) is 0 Å². The van der Waals surface area contributed by atoms with Gasteiger partial charge >= 0.3 is 0 Å². The summed E-state index contributed by atoms with van der Waals surface area (Å²) in [6.45, 7) is 4.15. The quantitative estimate of drug-likeness (QED) is 0.480. The molecule has 0 fully saturated rings. The molecule has 0 aliphatic rings. The summed E-state index contributed by atoms with van der Waals surface area (Å²) in [7, 11) is 1.62. The van der Waals surface area contributed by atoms with Crippen molar-refractivity contribution in [3.8, 4) is 5.75 Å². The van der Waals surface area contributed by atoms with Crippen LogP contribution in [0.2, 0.25) is 0 Å². The molecule has 0 saturated carbocycles. The van der Waals surface area contributed by atoms with E-state index in [-0.39, 0.29) is 5.91 Å². The van der Waals surface area contributed by atoms with Gasteiger partial charge in [-0.3, -0.25) is 14.7 Å². The molecule has 0 atom stereocenters. The number of benzene rings is 1. The molecule has 0 aliphatic carbocycles. The molecule has 6 nitrogen and oxygen atoms in total. The SMILES string of the molecule is COc1cccc2sc(N(Cc3cccnc3)C(=O)c3sc(C)nc3C)nc12. The van der Waals surface area contributed by atoms with E-state index in [0.29, 0.717) is 22.3 Å². The van der Waals surface area contributed by atoms with Gasteiger partial charge in [0.15, 0.2) is 5.13 Å². The number of methoxy groups -OCH3 is 1. The number of anilines is 1. The minimum atomic E-state index is -0.107. The molecular formula is C20H18N4O2S2. The molecule has 1 amide bonds. The molecule has 142 valence electrons. The van der Waals surface area contributed by atoms with Crippen LogP contribution in [0.25, 0.3) is 10.2 Å². The Hall–Kier alpha value is -2.84. The Balaban J connectivity index is 1.81. The summed E-state index contributed by atoms with van der Waals surface area (Å²) in [5, 5.41) is 1.49. The number of carbonyl (C=O) groups excluding carboxylic acids is 1. The highest BCUT2D eigenvalue weighted by molar-refractivity contribution is 7.22. The van der Waals surface area contributed by atoms with Crippen molar-refractivity contribution >= 4 is 43.9 Å².